The predicted octanol–water partition coefficient (Wildman–Crippen LogP) is 2.52. The molecule has 2 nitrogen and oxygen atoms in total. The van der Waals surface area contributed by atoms with Crippen LogP contribution in [0.25, 0.3) is 0 Å². The van der Waals surface area contributed by atoms with Crippen molar-refractivity contribution in [3.8, 4) is 0 Å². The highest BCUT2D eigenvalue weighted by molar-refractivity contribution is 9.10. The first kappa shape index (κ1) is 10.7. The fourth-order valence-corrected chi connectivity index (χ4v) is 1.96. The Labute approximate surface area is 98.2 Å². The first-order valence-corrected chi connectivity index (χ1v) is 6.07. The van der Waals surface area contributed by atoms with Gasteiger partial charge < -0.3 is 5.32 Å². The van der Waals surface area contributed by atoms with Crippen LogP contribution in [0.1, 0.15) is 18.4 Å². The van der Waals surface area contributed by atoms with Gasteiger partial charge in [-0.3, -0.25) is 4.79 Å². The maximum atomic E-state index is 11.3. The molecule has 80 valence electrons. The predicted molar refractivity (Wildman–Crippen MR) is 63.6 cm³/mol. The van der Waals surface area contributed by atoms with Crippen LogP contribution in [0.4, 0.5) is 0 Å². The third-order valence-corrected chi connectivity index (χ3v) is 3.04. The number of halogens is 1. The number of amides is 1. The van der Waals surface area contributed by atoms with Crippen molar-refractivity contribution in [2.24, 2.45) is 5.92 Å². The van der Waals surface area contributed by atoms with Crippen LogP contribution in [0, 0.1) is 5.92 Å². The van der Waals surface area contributed by atoms with E-state index >= 15 is 0 Å². The number of nitrogens with one attached hydrogen (secondary N) is 1. The molecule has 0 aromatic heterocycles. The van der Waals surface area contributed by atoms with Gasteiger partial charge in [0, 0.05) is 16.9 Å². The quantitative estimate of drug-likeness (QED) is 0.893. The first-order chi connectivity index (χ1) is 7.25. The van der Waals surface area contributed by atoms with Crippen molar-refractivity contribution < 1.29 is 4.79 Å². The van der Waals surface area contributed by atoms with E-state index in [0.717, 1.165) is 30.3 Å². The molecule has 2 rings (SSSR count). The van der Waals surface area contributed by atoms with Gasteiger partial charge in [-0.15, -0.1) is 0 Å². The van der Waals surface area contributed by atoms with Crippen molar-refractivity contribution >= 4 is 21.8 Å². The second kappa shape index (κ2) is 4.79. The molecule has 1 aliphatic rings. The highest BCUT2D eigenvalue weighted by Gasteiger charge is 2.28. The van der Waals surface area contributed by atoms with Crippen LogP contribution in [0.15, 0.2) is 28.7 Å². The Bertz CT molecular complexity index is 360. The number of hydrogen-bond donors (Lipinski definition) is 1. The van der Waals surface area contributed by atoms with E-state index in [9.17, 15) is 4.79 Å². The summed E-state index contributed by atoms with van der Waals surface area (Å²) in [4.78, 5) is 11.3. The highest BCUT2D eigenvalue weighted by Crippen LogP contribution is 2.28. The zero-order chi connectivity index (χ0) is 10.7. The molecule has 0 radical (unpaired) electrons. The molecule has 15 heavy (non-hydrogen) atoms. The standard InChI is InChI=1S/C12H14BrNO/c13-11-3-1-2-9(8-11)6-7-14-12(15)10-4-5-10/h1-3,8,10H,4-7H2,(H,14,15). The van der Waals surface area contributed by atoms with Gasteiger partial charge >= 0.3 is 0 Å². The van der Waals surface area contributed by atoms with E-state index < -0.39 is 0 Å². The summed E-state index contributed by atoms with van der Waals surface area (Å²) in [5.74, 6) is 0.539. The third-order valence-electron chi connectivity index (χ3n) is 2.55. The van der Waals surface area contributed by atoms with E-state index in [4.69, 9.17) is 0 Å². The highest BCUT2D eigenvalue weighted by atomic mass is 79.9. The monoisotopic (exact) mass is 267 g/mol. The maximum absolute atomic E-state index is 11.3. The Kier molecular flexibility index (Phi) is 3.41. The molecule has 1 aliphatic carbocycles. The topological polar surface area (TPSA) is 29.1 Å². The van der Waals surface area contributed by atoms with Crippen LogP contribution in [0.5, 0.6) is 0 Å². The Morgan fingerprint density at radius 1 is 1.47 bits per heavy atom. The molecule has 1 amide bonds. The summed E-state index contributed by atoms with van der Waals surface area (Å²) in [6, 6.07) is 8.19. The summed E-state index contributed by atoms with van der Waals surface area (Å²) in [7, 11) is 0. The lowest BCUT2D eigenvalue weighted by Crippen LogP contribution is -2.26. The Morgan fingerprint density at radius 3 is 2.93 bits per heavy atom. The summed E-state index contributed by atoms with van der Waals surface area (Å²) < 4.78 is 1.09. The van der Waals surface area contributed by atoms with Gasteiger partial charge in [-0.2, -0.15) is 0 Å². The molecule has 0 bridgehead atoms. The second-order valence-electron chi connectivity index (χ2n) is 3.95. The summed E-state index contributed by atoms with van der Waals surface area (Å²) in [5.41, 5.74) is 1.25. The average molecular weight is 268 g/mol. The fourth-order valence-electron chi connectivity index (χ4n) is 1.51. The minimum atomic E-state index is 0.227. The molecule has 1 saturated carbocycles. The van der Waals surface area contributed by atoms with Gasteiger partial charge in [0.2, 0.25) is 5.91 Å². The lowest BCUT2D eigenvalue weighted by Gasteiger charge is -2.04. The van der Waals surface area contributed by atoms with E-state index in [1.807, 2.05) is 12.1 Å². The van der Waals surface area contributed by atoms with Crippen molar-refractivity contribution in [1.29, 1.82) is 0 Å². The summed E-state index contributed by atoms with van der Waals surface area (Å²) in [6.45, 7) is 0.742. The van der Waals surface area contributed by atoms with Gasteiger partial charge in [-0.05, 0) is 37.0 Å². The largest absolute Gasteiger partial charge is 0.356 e. The third kappa shape index (κ3) is 3.34. The lowest BCUT2D eigenvalue weighted by molar-refractivity contribution is -0.122. The number of carbonyl (C=O) groups is 1. The van der Waals surface area contributed by atoms with E-state index in [1.165, 1.54) is 5.56 Å². The number of benzene rings is 1. The molecule has 3 heteroatoms. The van der Waals surface area contributed by atoms with Crippen LogP contribution in [0.3, 0.4) is 0 Å². The van der Waals surface area contributed by atoms with Crippen LogP contribution in [-0.4, -0.2) is 12.5 Å². The molecule has 0 atom stereocenters. The van der Waals surface area contributed by atoms with Crippen molar-refractivity contribution in [2.45, 2.75) is 19.3 Å². The molecular weight excluding hydrogens is 254 g/mol. The smallest absolute Gasteiger partial charge is 0.223 e. The zero-order valence-electron chi connectivity index (χ0n) is 8.50. The molecule has 0 unspecified atom stereocenters. The van der Waals surface area contributed by atoms with Crippen LogP contribution in [-0.2, 0) is 11.2 Å². The van der Waals surface area contributed by atoms with Gasteiger partial charge in [0.05, 0.1) is 0 Å². The fraction of sp³-hybridized carbons (Fsp3) is 0.417. The molecule has 1 fully saturated rings. The van der Waals surface area contributed by atoms with Crippen molar-refractivity contribution in [2.75, 3.05) is 6.54 Å². The summed E-state index contributed by atoms with van der Waals surface area (Å²) in [5, 5.41) is 2.96. The molecular formula is C12H14BrNO. The minimum Gasteiger partial charge on any atom is -0.356 e. The number of carbonyl (C=O) groups excluding carboxylic acids is 1. The molecule has 0 spiro atoms. The Balaban J connectivity index is 1.75. The molecule has 0 saturated heterocycles. The zero-order valence-corrected chi connectivity index (χ0v) is 10.1. The Morgan fingerprint density at radius 2 is 2.27 bits per heavy atom. The van der Waals surface area contributed by atoms with E-state index in [0.29, 0.717) is 5.92 Å². The average Bonchev–Trinajstić information content (AvgIpc) is 3.00. The van der Waals surface area contributed by atoms with Crippen LogP contribution in [0.2, 0.25) is 0 Å². The number of hydrogen-bond acceptors (Lipinski definition) is 1. The summed E-state index contributed by atoms with van der Waals surface area (Å²) >= 11 is 3.43. The molecule has 0 heterocycles. The first-order valence-electron chi connectivity index (χ1n) is 5.28. The van der Waals surface area contributed by atoms with Gasteiger partial charge in [0.1, 0.15) is 0 Å². The minimum absolute atomic E-state index is 0.227. The number of rotatable bonds is 4. The van der Waals surface area contributed by atoms with Gasteiger partial charge in [0.25, 0.3) is 0 Å². The van der Waals surface area contributed by atoms with Crippen molar-refractivity contribution in [1.82, 2.24) is 5.32 Å². The molecule has 1 aromatic rings. The molecule has 0 aliphatic heterocycles. The van der Waals surface area contributed by atoms with Crippen molar-refractivity contribution in [3.63, 3.8) is 0 Å². The normalized spacial score (nSPS) is 15.0. The van der Waals surface area contributed by atoms with E-state index in [-0.39, 0.29) is 5.91 Å². The van der Waals surface area contributed by atoms with Gasteiger partial charge in [-0.1, -0.05) is 28.1 Å². The Hall–Kier alpha value is -0.830. The van der Waals surface area contributed by atoms with Gasteiger partial charge in [0.15, 0.2) is 0 Å². The molecule has 1 N–H and O–H groups in total. The SMILES string of the molecule is O=C(NCCc1cccc(Br)c1)C1CC1. The maximum Gasteiger partial charge on any atom is 0.223 e. The van der Waals surface area contributed by atoms with Crippen LogP contribution < -0.4 is 5.32 Å². The van der Waals surface area contributed by atoms with E-state index in [1.54, 1.807) is 0 Å². The summed E-state index contributed by atoms with van der Waals surface area (Å²) in [6.07, 6.45) is 3.04. The van der Waals surface area contributed by atoms with Crippen molar-refractivity contribution in [3.05, 3.63) is 34.3 Å². The van der Waals surface area contributed by atoms with Gasteiger partial charge in [-0.25, -0.2) is 0 Å². The molecule has 1 aromatic carbocycles. The van der Waals surface area contributed by atoms with E-state index in [2.05, 4.69) is 33.4 Å². The van der Waals surface area contributed by atoms with Crippen LogP contribution >= 0.6 is 15.9 Å². The lowest BCUT2D eigenvalue weighted by atomic mass is 10.1. The second-order valence-corrected chi connectivity index (χ2v) is 4.86.